The van der Waals surface area contributed by atoms with E-state index in [1.807, 2.05) is 25.0 Å². The molecule has 0 saturated carbocycles. The maximum atomic E-state index is 12.3. The fraction of sp³-hybridized carbons (Fsp3) is 0.833. The molecule has 1 aliphatic heterocycles. The molecule has 5 heteroatoms. The van der Waals surface area contributed by atoms with E-state index in [4.69, 9.17) is 0 Å². The van der Waals surface area contributed by atoms with Gasteiger partial charge in [-0.1, -0.05) is 20.3 Å². The number of nitrogens with zero attached hydrogens (tertiary/aromatic N) is 1. The zero-order valence-corrected chi connectivity index (χ0v) is 11.7. The van der Waals surface area contributed by atoms with Crippen LogP contribution < -0.4 is 5.32 Å². The molecule has 0 bridgehead atoms. The third-order valence-corrected chi connectivity index (χ3v) is 3.87. The minimum Gasteiger partial charge on any atom is -0.344 e. The van der Waals surface area contributed by atoms with Crippen LogP contribution in [0.4, 0.5) is 0 Å². The molecule has 17 heavy (non-hydrogen) atoms. The number of carbonyl (C=O) groups excluding carboxylic acids is 2. The Bertz CT molecular complexity index is 284. The van der Waals surface area contributed by atoms with E-state index in [0.29, 0.717) is 13.0 Å². The minimum absolute atomic E-state index is 0.00435. The third kappa shape index (κ3) is 3.91. The minimum atomic E-state index is -0.336. The van der Waals surface area contributed by atoms with Crippen molar-refractivity contribution in [2.45, 2.75) is 32.7 Å². The Labute approximate surface area is 108 Å². The van der Waals surface area contributed by atoms with Crippen molar-refractivity contribution < 1.29 is 9.59 Å². The molecule has 98 valence electrons. The number of hydrogen-bond donors (Lipinski definition) is 1. The summed E-state index contributed by atoms with van der Waals surface area (Å²) in [4.78, 5) is 25.7. The molecule has 1 fully saturated rings. The quantitative estimate of drug-likeness (QED) is 0.804. The standard InChI is InChI=1S/C12H22N2O2S/c1-4-9(2)11-12(16)14(7-8-17-3)6-5-10(15)13-11/h9,11H,4-8H2,1-3H3,(H,13,15). The summed E-state index contributed by atoms with van der Waals surface area (Å²) in [6.07, 6.45) is 3.35. The van der Waals surface area contributed by atoms with Crippen molar-refractivity contribution in [3.05, 3.63) is 0 Å². The van der Waals surface area contributed by atoms with Crippen LogP contribution in [0.5, 0.6) is 0 Å². The molecule has 0 aromatic carbocycles. The summed E-state index contributed by atoms with van der Waals surface area (Å²) >= 11 is 1.72. The molecule has 1 rings (SSSR count). The topological polar surface area (TPSA) is 49.4 Å². The van der Waals surface area contributed by atoms with Crippen molar-refractivity contribution in [3.63, 3.8) is 0 Å². The fourth-order valence-electron chi connectivity index (χ4n) is 1.90. The van der Waals surface area contributed by atoms with Crippen LogP contribution in [0.3, 0.4) is 0 Å². The smallest absolute Gasteiger partial charge is 0.245 e. The van der Waals surface area contributed by atoms with E-state index in [-0.39, 0.29) is 23.8 Å². The summed E-state index contributed by atoms with van der Waals surface area (Å²) in [6, 6.07) is -0.336. The van der Waals surface area contributed by atoms with Crippen LogP contribution in [-0.2, 0) is 9.59 Å². The van der Waals surface area contributed by atoms with Gasteiger partial charge < -0.3 is 10.2 Å². The van der Waals surface area contributed by atoms with Gasteiger partial charge in [0.15, 0.2) is 0 Å². The number of nitrogens with one attached hydrogen (secondary N) is 1. The van der Waals surface area contributed by atoms with Crippen molar-refractivity contribution >= 4 is 23.6 Å². The number of carbonyl (C=O) groups is 2. The van der Waals surface area contributed by atoms with Crippen molar-refractivity contribution in [3.8, 4) is 0 Å². The van der Waals surface area contributed by atoms with Crippen LogP contribution in [0.1, 0.15) is 26.7 Å². The van der Waals surface area contributed by atoms with Crippen LogP contribution >= 0.6 is 11.8 Å². The number of rotatable bonds is 5. The first kappa shape index (κ1) is 14.4. The molecule has 0 radical (unpaired) electrons. The lowest BCUT2D eigenvalue weighted by molar-refractivity contribution is -0.134. The van der Waals surface area contributed by atoms with Crippen molar-refractivity contribution in [1.82, 2.24) is 10.2 Å². The van der Waals surface area contributed by atoms with Gasteiger partial charge in [0.25, 0.3) is 0 Å². The van der Waals surface area contributed by atoms with E-state index < -0.39 is 0 Å². The molecule has 1 heterocycles. The molecule has 4 nitrogen and oxygen atoms in total. The first-order chi connectivity index (χ1) is 8.10. The highest BCUT2D eigenvalue weighted by molar-refractivity contribution is 7.98. The molecule has 1 aliphatic rings. The van der Waals surface area contributed by atoms with Gasteiger partial charge in [0.2, 0.25) is 11.8 Å². The molecule has 1 saturated heterocycles. The molecular formula is C12H22N2O2S. The second kappa shape index (κ2) is 6.89. The number of hydrogen-bond acceptors (Lipinski definition) is 3. The van der Waals surface area contributed by atoms with Gasteiger partial charge in [-0.15, -0.1) is 0 Å². The van der Waals surface area contributed by atoms with Gasteiger partial charge in [0, 0.05) is 25.3 Å². The Balaban J connectivity index is 2.74. The normalized spacial score (nSPS) is 23.2. The van der Waals surface area contributed by atoms with E-state index in [2.05, 4.69) is 5.32 Å². The monoisotopic (exact) mass is 258 g/mol. The SMILES string of the molecule is CCC(C)C1NC(=O)CCN(CCSC)C1=O. The highest BCUT2D eigenvalue weighted by atomic mass is 32.2. The molecular weight excluding hydrogens is 236 g/mol. The van der Waals surface area contributed by atoms with Gasteiger partial charge in [-0.3, -0.25) is 9.59 Å². The summed E-state index contributed by atoms with van der Waals surface area (Å²) in [5.41, 5.74) is 0. The zero-order chi connectivity index (χ0) is 12.8. The second-order valence-electron chi connectivity index (χ2n) is 4.50. The summed E-state index contributed by atoms with van der Waals surface area (Å²) in [5, 5.41) is 2.85. The predicted octanol–water partition coefficient (Wildman–Crippen LogP) is 1.11. The maximum absolute atomic E-state index is 12.3. The highest BCUT2D eigenvalue weighted by Gasteiger charge is 2.32. The number of thioether (sulfide) groups is 1. The molecule has 2 unspecified atom stereocenters. The molecule has 0 spiro atoms. The first-order valence-electron chi connectivity index (χ1n) is 6.17. The lowest BCUT2D eigenvalue weighted by Gasteiger charge is -2.26. The van der Waals surface area contributed by atoms with E-state index in [1.165, 1.54) is 0 Å². The Hall–Kier alpha value is -0.710. The van der Waals surface area contributed by atoms with Gasteiger partial charge in [-0.25, -0.2) is 0 Å². The molecule has 0 aliphatic carbocycles. The van der Waals surface area contributed by atoms with Crippen LogP contribution in [0, 0.1) is 5.92 Å². The largest absolute Gasteiger partial charge is 0.344 e. The maximum Gasteiger partial charge on any atom is 0.245 e. The third-order valence-electron chi connectivity index (χ3n) is 3.28. The molecule has 2 amide bonds. The Kier molecular flexibility index (Phi) is 5.82. The van der Waals surface area contributed by atoms with Crippen molar-refractivity contribution in [2.24, 2.45) is 5.92 Å². The van der Waals surface area contributed by atoms with Crippen LogP contribution in [-0.4, -0.2) is 47.9 Å². The lowest BCUT2D eigenvalue weighted by Crippen LogP contribution is -2.48. The van der Waals surface area contributed by atoms with E-state index >= 15 is 0 Å². The predicted molar refractivity (Wildman–Crippen MR) is 71.0 cm³/mol. The summed E-state index contributed by atoms with van der Waals surface area (Å²) in [6.45, 7) is 5.35. The van der Waals surface area contributed by atoms with Gasteiger partial charge in [-0.2, -0.15) is 11.8 Å². The van der Waals surface area contributed by atoms with E-state index in [1.54, 1.807) is 11.8 Å². The van der Waals surface area contributed by atoms with Gasteiger partial charge in [0.1, 0.15) is 6.04 Å². The van der Waals surface area contributed by atoms with Crippen LogP contribution in [0.25, 0.3) is 0 Å². The van der Waals surface area contributed by atoms with E-state index in [0.717, 1.165) is 18.7 Å². The Morgan fingerprint density at radius 2 is 2.24 bits per heavy atom. The van der Waals surface area contributed by atoms with Crippen LogP contribution in [0.2, 0.25) is 0 Å². The number of amides is 2. The summed E-state index contributed by atoms with van der Waals surface area (Å²) < 4.78 is 0. The fourth-order valence-corrected chi connectivity index (χ4v) is 2.30. The van der Waals surface area contributed by atoms with Crippen molar-refractivity contribution in [2.75, 3.05) is 25.1 Å². The average molecular weight is 258 g/mol. The highest BCUT2D eigenvalue weighted by Crippen LogP contribution is 2.14. The summed E-state index contributed by atoms with van der Waals surface area (Å²) in [5.74, 6) is 1.20. The molecule has 0 aromatic heterocycles. The molecule has 1 N–H and O–H groups in total. The van der Waals surface area contributed by atoms with Gasteiger partial charge in [0.05, 0.1) is 0 Å². The molecule has 0 aromatic rings. The second-order valence-corrected chi connectivity index (χ2v) is 5.48. The van der Waals surface area contributed by atoms with Crippen molar-refractivity contribution in [1.29, 1.82) is 0 Å². The van der Waals surface area contributed by atoms with Gasteiger partial charge >= 0.3 is 0 Å². The Morgan fingerprint density at radius 1 is 1.53 bits per heavy atom. The first-order valence-corrected chi connectivity index (χ1v) is 7.56. The van der Waals surface area contributed by atoms with Crippen LogP contribution in [0.15, 0.2) is 0 Å². The van der Waals surface area contributed by atoms with Gasteiger partial charge in [-0.05, 0) is 12.2 Å². The Morgan fingerprint density at radius 3 is 2.82 bits per heavy atom. The van der Waals surface area contributed by atoms with E-state index in [9.17, 15) is 9.59 Å². The molecule has 2 atom stereocenters. The lowest BCUT2D eigenvalue weighted by atomic mass is 9.98. The summed E-state index contributed by atoms with van der Waals surface area (Å²) in [7, 11) is 0. The average Bonchev–Trinajstić information content (AvgIpc) is 2.47. The zero-order valence-electron chi connectivity index (χ0n) is 10.9.